The zero-order valence-electron chi connectivity index (χ0n) is 28.6. The largest absolute Gasteiger partial charge is 0.417 e. The molecule has 0 unspecified atom stereocenters. The van der Waals surface area contributed by atoms with Crippen LogP contribution in [0.2, 0.25) is 5.02 Å². The van der Waals surface area contributed by atoms with Gasteiger partial charge in [-0.2, -0.15) is 22.7 Å². The fourth-order valence-electron chi connectivity index (χ4n) is 6.92. The number of amides is 2. The topological polar surface area (TPSA) is 152 Å². The van der Waals surface area contributed by atoms with Crippen LogP contribution in [0.1, 0.15) is 71.7 Å². The number of anilines is 2. The molecule has 2 fully saturated rings. The second kappa shape index (κ2) is 13.9. The number of nitrogens with zero attached hydrogens (tertiary/aromatic N) is 7. The Morgan fingerprint density at radius 2 is 1.87 bits per heavy atom. The molecule has 3 aromatic heterocycles. The number of aryl methyl sites for hydroxylation is 1. The molecule has 4 aromatic rings. The number of halogens is 4. The van der Waals surface area contributed by atoms with Crippen molar-refractivity contribution in [2.24, 2.45) is 0 Å². The number of carbonyl (C=O) groups excluding carboxylic acids is 2. The van der Waals surface area contributed by atoms with E-state index in [2.05, 4.69) is 20.5 Å². The van der Waals surface area contributed by atoms with Gasteiger partial charge in [0.2, 0.25) is 11.7 Å². The zero-order valence-corrected chi connectivity index (χ0v) is 29.3. The number of ether oxygens (including phenoxy) is 1. The van der Waals surface area contributed by atoms with Crippen LogP contribution < -0.4 is 21.3 Å². The number of piperazine rings is 1. The first-order chi connectivity index (χ1) is 24.8. The van der Waals surface area contributed by atoms with Crippen LogP contribution in [0.4, 0.5) is 24.5 Å². The number of rotatable bonds is 8. The summed E-state index contributed by atoms with van der Waals surface area (Å²) in [4.78, 5) is 62.4. The van der Waals surface area contributed by atoms with Crippen LogP contribution in [0.15, 0.2) is 34.0 Å². The van der Waals surface area contributed by atoms with Crippen molar-refractivity contribution < 1.29 is 27.5 Å². The van der Waals surface area contributed by atoms with Gasteiger partial charge in [-0.15, -0.1) is 5.10 Å². The molecule has 2 N–H and O–H groups in total. The van der Waals surface area contributed by atoms with Gasteiger partial charge in [-0.25, -0.2) is 4.68 Å². The molecule has 7 rings (SSSR count). The fraction of sp³-hybridized carbons (Fsp3) is 0.471. The third-order valence-corrected chi connectivity index (χ3v) is 10.3. The Labute approximate surface area is 299 Å². The van der Waals surface area contributed by atoms with Gasteiger partial charge in [0.1, 0.15) is 17.8 Å². The Morgan fingerprint density at radius 1 is 1.12 bits per heavy atom. The normalized spacial score (nSPS) is 17.0. The molecule has 52 heavy (non-hydrogen) atoms. The van der Waals surface area contributed by atoms with E-state index < -0.39 is 28.2 Å². The third-order valence-electron chi connectivity index (χ3n) is 9.96. The Morgan fingerprint density at radius 3 is 2.50 bits per heavy atom. The number of carbonyl (C=O) groups is 2. The fourth-order valence-corrected chi connectivity index (χ4v) is 7.19. The molecule has 1 saturated heterocycles. The number of aromatic amines is 1. The summed E-state index contributed by atoms with van der Waals surface area (Å²) in [7, 11) is 0. The summed E-state index contributed by atoms with van der Waals surface area (Å²) < 4.78 is 50.0. The van der Waals surface area contributed by atoms with Gasteiger partial charge in [0.25, 0.3) is 17.0 Å². The molecule has 18 heteroatoms. The molecule has 1 saturated carbocycles. The molecule has 1 aliphatic carbocycles. The molecule has 14 nitrogen and oxygen atoms in total. The van der Waals surface area contributed by atoms with Gasteiger partial charge in [-0.05, 0) is 62.3 Å². The van der Waals surface area contributed by atoms with E-state index in [1.165, 1.54) is 17.8 Å². The quantitative estimate of drug-likeness (QED) is 0.274. The minimum Gasteiger partial charge on any atom is -0.377 e. The maximum absolute atomic E-state index is 14.2. The van der Waals surface area contributed by atoms with Crippen LogP contribution >= 0.6 is 11.6 Å². The molecule has 2 aliphatic heterocycles. The Bertz CT molecular complexity index is 2210. The van der Waals surface area contributed by atoms with E-state index >= 15 is 0 Å². The van der Waals surface area contributed by atoms with Gasteiger partial charge in [0.15, 0.2) is 5.82 Å². The lowest BCUT2D eigenvalue weighted by atomic mass is 9.93. The van der Waals surface area contributed by atoms with Crippen molar-refractivity contribution in [2.75, 3.05) is 49.6 Å². The molecule has 3 aliphatic rings. The van der Waals surface area contributed by atoms with Crippen molar-refractivity contribution in [3.05, 3.63) is 78.3 Å². The van der Waals surface area contributed by atoms with Crippen molar-refractivity contribution in [2.45, 2.75) is 64.7 Å². The molecule has 0 radical (unpaired) electrons. The second-order valence-corrected chi connectivity index (χ2v) is 13.6. The summed E-state index contributed by atoms with van der Waals surface area (Å²) in [5.74, 6) is -0.541. The summed E-state index contributed by atoms with van der Waals surface area (Å²) in [5, 5.41) is 9.61. The number of hydrogen-bond donors (Lipinski definition) is 2. The minimum atomic E-state index is -4.67. The Balaban J connectivity index is 1.20. The first-order valence-electron chi connectivity index (χ1n) is 17.2. The highest BCUT2D eigenvalue weighted by Crippen LogP contribution is 2.37. The third kappa shape index (κ3) is 6.51. The zero-order chi connectivity index (χ0) is 36.9. The van der Waals surface area contributed by atoms with Crippen molar-refractivity contribution >= 4 is 46.1 Å². The lowest BCUT2D eigenvalue weighted by molar-refractivity contribution is -0.137. The molecule has 0 bridgehead atoms. The Kier molecular flexibility index (Phi) is 9.50. The smallest absolute Gasteiger partial charge is 0.377 e. The number of hydrogen-bond acceptors (Lipinski definition) is 8. The van der Waals surface area contributed by atoms with Crippen molar-refractivity contribution in [3.63, 3.8) is 0 Å². The summed E-state index contributed by atoms with van der Waals surface area (Å²) in [5.41, 5.74) is 0.107. The van der Waals surface area contributed by atoms with Gasteiger partial charge >= 0.3 is 6.18 Å². The highest BCUT2D eigenvalue weighted by atomic mass is 35.5. The summed E-state index contributed by atoms with van der Waals surface area (Å²) in [6, 6.07) is 2.02. The molecule has 5 heterocycles. The number of alkyl halides is 3. The van der Waals surface area contributed by atoms with E-state index in [4.69, 9.17) is 16.3 Å². The summed E-state index contributed by atoms with van der Waals surface area (Å²) in [6.07, 6.45) is 2.27. The van der Waals surface area contributed by atoms with Crippen LogP contribution in [0.5, 0.6) is 0 Å². The number of benzene rings is 1. The average molecular weight is 744 g/mol. The SMILES string of the molecule is CCc1c(N2CCN(C(=O)c3c[nH]n(C4CCC4)c3=O)CC2)c(=O)n2nc(C3=CCOCC3)nc2n1CC(=O)Nc1cc(Cl)c(C(F)(F)F)cc1C. The van der Waals surface area contributed by atoms with Crippen molar-refractivity contribution in [1.82, 2.24) is 33.8 Å². The predicted octanol–water partition coefficient (Wildman–Crippen LogP) is 4.05. The van der Waals surface area contributed by atoms with E-state index in [1.807, 2.05) is 17.9 Å². The molecule has 276 valence electrons. The maximum atomic E-state index is 14.2. The van der Waals surface area contributed by atoms with E-state index in [0.717, 1.165) is 41.5 Å². The predicted molar refractivity (Wildman–Crippen MR) is 186 cm³/mol. The molecule has 0 atom stereocenters. The van der Waals surface area contributed by atoms with Gasteiger partial charge in [-0.3, -0.25) is 19.2 Å². The Hall–Kier alpha value is -4.90. The van der Waals surface area contributed by atoms with Crippen LogP contribution in [-0.4, -0.2) is 85.1 Å². The van der Waals surface area contributed by atoms with E-state index in [1.54, 1.807) is 9.47 Å². The summed E-state index contributed by atoms with van der Waals surface area (Å²) >= 11 is 5.96. The lowest BCUT2D eigenvalue weighted by Crippen LogP contribution is -2.51. The molecule has 2 amide bonds. The van der Waals surface area contributed by atoms with Crippen molar-refractivity contribution in [1.29, 1.82) is 0 Å². The van der Waals surface area contributed by atoms with Crippen LogP contribution in [0, 0.1) is 6.92 Å². The van der Waals surface area contributed by atoms with Gasteiger partial charge < -0.3 is 29.5 Å². The van der Waals surface area contributed by atoms with Crippen LogP contribution in [0.25, 0.3) is 11.4 Å². The first kappa shape index (κ1) is 35.5. The van der Waals surface area contributed by atoms with E-state index in [-0.39, 0.29) is 78.5 Å². The first-order valence-corrected chi connectivity index (χ1v) is 17.5. The number of H-pyrrole nitrogens is 1. The van der Waals surface area contributed by atoms with E-state index in [0.29, 0.717) is 37.6 Å². The van der Waals surface area contributed by atoms with Crippen molar-refractivity contribution in [3.8, 4) is 0 Å². The van der Waals surface area contributed by atoms with Gasteiger partial charge in [0, 0.05) is 38.1 Å². The summed E-state index contributed by atoms with van der Waals surface area (Å²) in [6.45, 7) is 4.73. The van der Waals surface area contributed by atoms with Gasteiger partial charge in [0.05, 0.1) is 35.5 Å². The number of aromatic nitrogens is 6. The average Bonchev–Trinajstić information content (AvgIpc) is 3.71. The maximum Gasteiger partial charge on any atom is 0.417 e. The van der Waals surface area contributed by atoms with Crippen LogP contribution in [0.3, 0.4) is 0 Å². The second-order valence-electron chi connectivity index (χ2n) is 13.2. The number of fused-ring (bicyclic) bond motifs is 1. The standard InChI is InChI=1S/C34H37ClF3N9O5/c1-3-26-28(43-9-11-44(12-10-43)30(49)22-17-39-46(31(22)50)21-5-4-6-21)32(51)47-33(41-29(42-47)20-7-13-52-14-8-20)45(26)18-27(48)40-25-16-24(35)23(15-19(25)2)34(36,37)38/h7,15-17,21,39H,3-6,8-14,18H2,1-2H3,(H,40,48). The van der Waals surface area contributed by atoms with E-state index in [9.17, 15) is 32.3 Å². The highest BCUT2D eigenvalue weighted by Gasteiger charge is 2.35. The molecular formula is C34H37ClF3N9O5. The monoisotopic (exact) mass is 743 g/mol. The minimum absolute atomic E-state index is 0.0755. The van der Waals surface area contributed by atoms with Gasteiger partial charge in [-0.1, -0.05) is 24.6 Å². The molecule has 0 spiro atoms. The van der Waals surface area contributed by atoms with Crippen LogP contribution in [-0.2, 0) is 28.7 Å². The highest BCUT2D eigenvalue weighted by molar-refractivity contribution is 6.31. The lowest BCUT2D eigenvalue weighted by Gasteiger charge is -2.36. The number of nitrogens with one attached hydrogen (secondary N) is 2. The molecule has 1 aromatic carbocycles. The molecular weight excluding hydrogens is 707 g/mol.